The molecule has 1 heterocycles. The Hall–Kier alpha value is -3.93. The molecule has 1 aromatic heterocycles. The minimum absolute atomic E-state index is 0.312. The van der Waals surface area contributed by atoms with Gasteiger partial charge in [0.15, 0.2) is 0 Å². The molecule has 4 rings (SSSR count). The van der Waals surface area contributed by atoms with Gasteiger partial charge in [-0.1, -0.05) is 35.9 Å². The Labute approximate surface area is 167 Å². The molecule has 1 amide bonds. The van der Waals surface area contributed by atoms with Gasteiger partial charge in [-0.25, -0.2) is 9.78 Å². The van der Waals surface area contributed by atoms with Crippen molar-refractivity contribution in [1.82, 2.24) is 9.97 Å². The minimum Gasteiger partial charge on any atom is -0.465 e. The summed E-state index contributed by atoms with van der Waals surface area (Å²) < 4.78 is 4.70. The monoisotopic (exact) mass is 385 g/mol. The van der Waals surface area contributed by atoms with E-state index in [4.69, 9.17) is 4.74 Å². The van der Waals surface area contributed by atoms with Crippen LogP contribution in [0.4, 0.5) is 5.69 Å². The van der Waals surface area contributed by atoms with Crippen molar-refractivity contribution in [2.45, 2.75) is 6.92 Å². The van der Waals surface area contributed by atoms with Crippen LogP contribution in [0.15, 0.2) is 66.7 Å². The number of rotatable bonds is 4. The first-order chi connectivity index (χ1) is 14.0. The van der Waals surface area contributed by atoms with Gasteiger partial charge in [0, 0.05) is 16.8 Å². The average Bonchev–Trinajstić information content (AvgIpc) is 3.17. The van der Waals surface area contributed by atoms with Crippen molar-refractivity contribution in [1.29, 1.82) is 0 Å². The molecule has 0 saturated carbocycles. The summed E-state index contributed by atoms with van der Waals surface area (Å²) in [6.45, 7) is 2.04. The number of aromatic amines is 1. The number of carbonyl (C=O) groups is 2. The highest BCUT2D eigenvalue weighted by Crippen LogP contribution is 2.23. The topological polar surface area (TPSA) is 84.1 Å². The first kappa shape index (κ1) is 18.4. The number of hydrogen-bond acceptors (Lipinski definition) is 4. The van der Waals surface area contributed by atoms with E-state index in [-0.39, 0.29) is 5.91 Å². The molecule has 0 fully saturated rings. The van der Waals surface area contributed by atoms with E-state index < -0.39 is 5.97 Å². The number of aromatic nitrogens is 2. The Bertz CT molecular complexity index is 1210. The van der Waals surface area contributed by atoms with Crippen LogP contribution in [0.2, 0.25) is 0 Å². The van der Waals surface area contributed by atoms with Gasteiger partial charge in [-0.3, -0.25) is 4.79 Å². The molecule has 0 saturated heterocycles. The van der Waals surface area contributed by atoms with Crippen molar-refractivity contribution in [3.05, 3.63) is 83.4 Å². The Morgan fingerprint density at radius 3 is 2.48 bits per heavy atom. The predicted molar refractivity (Wildman–Crippen MR) is 112 cm³/mol. The summed E-state index contributed by atoms with van der Waals surface area (Å²) >= 11 is 0. The van der Waals surface area contributed by atoms with Gasteiger partial charge >= 0.3 is 5.97 Å². The maximum atomic E-state index is 12.6. The summed E-state index contributed by atoms with van der Waals surface area (Å²) in [6.07, 6.45) is 0. The number of fused-ring (bicyclic) bond motifs is 1. The van der Waals surface area contributed by atoms with Crippen LogP contribution in [0.3, 0.4) is 0 Å². The van der Waals surface area contributed by atoms with Crippen molar-refractivity contribution >= 4 is 28.6 Å². The van der Waals surface area contributed by atoms with Gasteiger partial charge in [0.25, 0.3) is 5.91 Å². The summed E-state index contributed by atoms with van der Waals surface area (Å²) in [6, 6.07) is 20.0. The zero-order valence-corrected chi connectivity index (χ0v) is 16.0. The zero-order chi connectivity index (χ0) is 20.4. The fourth-order valence-corrected chi connectivity index (χ4v) is 3.04. The van der Waals surface area contributed by atoms with Crippen molar-refractivity contribution in [3.8, 4) is 11.4 Å². The lowest BCUT2D eigenvalue weighted by atomic mass is 10.1. The molecule has 0 aliphatic rings. The third-order valence-electron chi connectivity index (χ3n) is 4.61. The predicted octanol–water partition coefficient (Wildman–Crippen LogP) is 4.58. The molecule has 6 nitrogen and oxygen atoms in total. The van der Waals surface area contributed by atoms with Gasteiger partial charge < -0.3 is 15.0 Å². The average molecular weight is 385 g/mol. The summed E-state index contributed by atoms with van der Waals surface area (Å²) in [5, 5.41) is 2.85. The maximum Gasteiger partial charge on any atom is 0.337 e. The molecule has 4 aromatic rings. The molecular weight excluding hydrogens is 366 g/mol. The molecular formula is C23H19N3O3. The van der Waals surface area contributed by atoms with Crippen LogP contribution in [-0.4, -0.2) is 29.0 Å². The van der Waals surface area contributed by atoms with E-state index in [9.17, 15) is 9.59 Å². The van der Waals surface area contributed by atoms with Gasteiger partial charge in [0.05, 0.1) is 23.7 Å². The molecule has 29 heavy (non-hydrogen) atoms. The van der Waals surface area contributed by atoms with Crippen LogP contribution in [0.1, 0.15) is 26.3 Å². The molecule has 6 heteroatoms. The lowest BCUT2D eigenvalue weighted by molar-refractivity contribution is 0.0600. The summed E-state index contributed by atoms with van der Waals surface area (Å²) in [7, 11) is 1.31. The van der Waals surface area contributed by atoms with E-state index in [1.807, 2.05) is 43.3 Å². The number of ether oxygens (including phenoxy) is 1. The third-order valence-corrected chi connectivity index (χ3v) is 4.61. The first-order valence-corrected chi connectivity index (χ1v) is 9.10. The SMILES string of the molecule is COC(=O)c1cccc(C(=O)Nc2ccc3nc(-c4ccc(C)cc4)[nH]c3c2)c1. The van der Waals surface area contributed by atoms with Gasteiger partial charge in [0.1, 0.15) is 5.82 Å². The van der Waals surface area contributed by atoms with E-state index >= 15 is 0 Å². The number of carbonyl (C=O) groups excluding carboxylic acids is 2. The van der Waals surface area contributed by atoms with Crippen LogP contribution in [0, 0.1) is 6.92 Å². The second-order valence-corrected chi connectivity index (χ2v) is 6.71. The fourth-order valence-electron chi connectivity index (χ4n) is 3.04. The van der Waals surface area contributed by atoms with E-state index in [2.05, 4.69) is 15.3 Å². The second kappa shape index (κ2) is 7.59. The van der Waals surface area contributed by atoms with Gasteiger partial charge in [-0.05, 0) is 43.3 Å². The number of nitrogens with zero attached hydrogens (tertiary/aromatic N) is 1. The van der Waals surface area contributed by atoms with E-state index in [0.717, 1.165) is 22.4 Å². The Morgan fingerprint density at radius 1 is 0.966 bits per heavy atom. The Balaban J connectivity index is 1.57. The van der Waals surface area contributed by atoms with E-state index in [0.29, 0.717) is 16.8 Å². The van der Waals surface area contributed by atoms with Crippen molar-refractivity contribution in [3.63, 3.8) is 0 Å². The van der Waals surface area contributed by atoms with Crippen molar-refractivity contribution in [2.24, 2.45) is 0 Å². The number of H-pyrrole nitrogens is 1. The molecule has 0 radical (unpaired) electrons. The van der Waals surface area contributed by atoms with Crippen LogP contribution in [-0.2, 0) is 4.74 Å². The second-order valence-electron chi connectivity index (χ2n) is 6.71. The molecule has 0 spiro atoms. The summed E-state index contributed by atoms with van der Waals surface area (Å²) in [4.78, 5) is 32.2. The number of methoxy groups -OCH3 is 1. The summed E-state index contributed by atoms with van der Waals surface area (Å²) in [5.74, 6) is -0.0233. The number of amides is 1. The van der Waals surface area contributed by atoms with Crippen LogP contribution >= 0.6 is 0 Å². The van der Waals surface area contributed by atoms with E-state index in [1.54, 1.807) is 24.3 Å². The lowest BCUT2D eigenvalue weighted by Crippen LogP contribution is -2.13. The number of hydrogen-bond donors (Lipinski definition) is 2. The van der Waals surface area contributed by atoms with Crippen LogP contribution in [0.25, 0.3) is 22.4 Å². The van der Waals surface area contributed by atoms with Gasteiger partial charge in [0.2, 0.25) is 0 Å². The number of aryl methyl sites for hydroxylation is 1. The van der Waals surface area contributed by atoms with Gasteiger partial charge in [-0.2, -0.15) is 0 Å². The van der Waals surface area contributed by atoms with Crippen molar-refractivity contribution < 1.29 is 14.3 Å². The quantitative estimate of drug-likeness (QED) is 0.504. The van der Waals surface area contributed by atoms with E-state index in [1.165, 1.54) is 18.7 Å². The molecule has 3 aromatic carbocycles. The molecule has 0 aliphatic carbocycles. The Morgan fingerprint density at radius 2 is 1.72 bits per heavy atom. The Kier molecular flexibility index (Phi) is 4.83. The summed E-state index contributed by atoms with van der Waals surface area (Å²) in [5.41, 5.74) is 5.14. The highest BCUT2D eigenvalue weighted by molar-refractivity contribution is 6.06. The molecule has 0 unspecified atom stereocenters. The number of benzene rings is 3. The van der Waals surface area contributed by atoms with Crippen LogP contribution < -0.4 is 5.32 Å². The van der Waals surface area contributed by atoms with Gasteiger partial charge in [-0.15, -0.1) is 0 Å². The highest BCUT2D eigenvalue weighted by Gasteiger charge is 2.12. The standard InChI is InChI=1S/C23H19N3O3/c1-14-6-8-15(9-7-14)21-25-19-11-10-18(13-20(19)26-21)24-22(27)16-4-3-5-17(12-16)23(28)29-2/h3-13H,1-2H3,(H,24,27)(H,25,26). The number of imidazole rings is 1. The fraction of sp³-hybridized carbons (Fsp3) is 0.0870. The molecule has 144 valence electrons. The molecule has 2 N–H and O–H groups in total. The zero-order valence-electron chi connectivity index (χ0n) is 16.0. The smallest absolute Gasteiger partial charge is 0.337 e. The lowest BCUT2D eigenvalue weighted by Gasteiger charge is -2.06. The largest absolute Gasteiger partial charge is 0.465 e. The third kappa shape index (κ3) is 3.87. The molecule has 0 bridgehead atoms. The first-order valence-electron chi connectivity index (χ1n) is 9.10. The normalized spacial score (nSPS) is 10.7. The maximum absolute atomic E-state index is 12.6. The van der Waals surface area contributed by atoms with Crippen LogP contribution in [0.5, 0.6) is 0 Å². The minimum atomic E-state index is -0.484. The highest BCUT2D eigenvalue weighted by atomic mass is 16.5. The molecule has 0 aliphatic heterocycles. The number of esters is 1. The molecule has 0 atom stereocenters. The van der Waals surface area contributed by atoms with Crippen molar-refractivity contribution in [2.75, 3.05) is 12.4 Å². The number of anilines is 1. The number of nitrogens with one attached hydrogen (secondary N) is 2.